The molecule has 1 atom stereocenters. The standard InChI is InChI=1S/C24H26N4O2/c1-5-13-26-20-11-10-17-18(20)7-6-8-19(17)23-27-24(30-28-23)16-9-12-22(29-15(2)3)21(14-16)25-4/h6-9,12,14-15,20,26H,5,10-11,13H2,1-3H3/t20-/m0/s1/i10D2,11D2,15D. The van der Waals surface area contributed by atoms with Crippen molar-refractivity contribution in [3.05, 3.63) is 58.9 Å². The number of ether oxygens (including phenoxy) is 1. The fourth-order valence-electron chi connectivity index (χ4n) is 3.30. The van der Waals surface area contributed by atoms with Gasteiger partial charge in [0, 0.05) is 22.7 Å². The average molecular weight is 408 g/mol. The maximum absolute atomic E-state index is 8.65. The summed E-state index contributed by atoms with van der Waals surface area (Å²) in [6, 6.07) is 9.04. The van der Waals surface area contributed by atoms with E-state index in [0.29, 0.717) is 23.2 Å². The number of hydrogen-bond donors (Lipinski definition) is 1. The molecule has 1 N–H and O–H groups in total. The van der Waals surface area contributed by atoms with E-state index in [1.54, 1.807) is 44.2 Å². The molecule has 3 aromatic rings. The van der Waals surface area contributed by atoms with Crippen molar-refractivity contribution >= 4 is 5.69 Å². The largest absolute Gasteiger partial charge is 0.502 e. The highest BCUT2D eigenvalue weighted by atomic mass is 16.5. The molecule has 2 aromatic carbocycles. The second-order valence-corrected chi connectivity index (χ2v) is 7.15. The van der Waals surface area contributed by atoms with Crippen LogP contribution in [0.1, 0.15) is 57.6 Å². The molecule has 0 saturated heterocycles. The van der Waals surface area contributed by atoms with Gasteiger partial charge < -0.3 is 14.6 Å². The zero-order valence-electron chi connectivity index (χ0n) is 22.1. The molecule has 1 aliphatic rings. The number of rotatable bonds is 7. The Morgan fingerprint density at radius 1 is 1.40 bits per heavy atom. The van der Waals surface area contributed by atoms with E-state index in [4.69, 9.17) is 22.7 Å². The van der Waals surface area contributed by atoms with Crippen LogP contribution in [0.3, 0.4) is 0 Å². The van der Waals surface area contributed by atoms with Gasteiger partial charge in [-0.15, -0.1) is 0 Å². The molecule has 30 heavy (non-hydrogen) atoms. The van der Waals surface area contributed by atoms with Crippen LogP contribution in [0.15, 0.2) is 40.9 Å². The second-order valence-electron chi connectivity index (χ2n) is 7.15. The Labute approximate surface area is 184 Å². The summed E-state index contributed by atoms with van der Waals surface area (Å²) in [6.07, 6.45) is -4.89. The number of aromatic nitrogens is 2. The zero-order valence-corrected chi connectivity index (χ0v) is 17.1. The Kier molecular flexibility index (Phi) is 4.27. The topological polar surface area (TPSA) is 64.5 Å². The molecule has 0 amide bonds. The highest BCUT2D eigenvalue weighted by molar-refractivity contribution is 5.70. The summed E-state index contributed by atoms with van der Waals surface area (Å²) in [6.45, 7) is 13.1. The second kappa shape index (κ2) is 8.68. The molecule has 0 saturated carbocycles. The minimum Gasteiger partial charge on any atom is -0.502 e. The number of hydrogen-bond acceptors (Lipinski definition) is 5. The maximum atomic E-state index is 8.65. The van der Waals surface area contributed by atoms with Gasteiger partial charge >= 0.3 is 0 Å². The van der Waals surface area contributed by atoms with Gasteiger partial charge in [-0.05, 0) is 68.9 Å². The lowest BCUT2D eigenvalue weighted by molar-refractivity contribution is 0.244. The van der Waals surface area contributed by atoms with Gasteiger partial charge in [-0.3, -0.25) is 0 Å². The van der Waals surface area contributed by atoms with Gasteiger partial charge in [0.05, 0.1) is 14.0 Å². The van der Waals surface area contributed by atoms with Gasteiger partial charge in [-0.2, -0.15) is 4.98 Å². The first-order valence-electron chi connectivity index (χ1n) is 12.3. The van der Waals surface area contributed by atoms with Crippen LogP contribution in [0.25, 0.3) is 27.7 Å². The van der Waals surface area contributed by atoms with E-state index < -0.39 is 24.9 Å². The Bertz CT molecular complexity index is 1290. The van der Waals surface area contributed by atoms with Crippen molar-refractivity contribution in [1.29, 1.82) is 0 Å². The Morgan fingerprint density at radius 2 is 2.27 bits per heavy atom. The number of nitrogens with zero attached hydrogens (tertiary/aromatic N) is 3. The van der Waals surface area contributed by atoms with E-state index in [1.165, 1.54) is 6.07 Å². The van der Waals surface area contributed by atoms with Crippen molar-refractivity contribution in [2.24, 2.45) is 0 Å². The third kappa shape index (κ3) is 3.94. The SMILES string of the molecule is [2H]C(C)(C)Oc1ccc(-c2nc(-c3cccc4c3C([2H])([2H])C([2H])([2H])[C@@H]4NCCC)no2)cc1[N+]#[C-]. The third-order valence-corrected chi connectivity index (χ3v) is 4.66. The summed E-state index contributed by atoms with van der Waals surface area (Å²) in [4.78, 5) is 7.91. The summed E-state index contributed by atoms with van der Waals surface area (Å²) >= 11 is 0. The highest BCUT2D eigenvalue weighted by Crippen LogP contribution is 2.38. The Balaban J connectivity index is 1.75. The van der Waals surface area contributed by atoms with Crippen molar-refractivity contribution < 1.29 is 16.1 Å². The molecule has 0 bridgehead atoms. The molecule has 154 valence electrons. The van der Waals surface area contributed by atoms with Crippen molar-refractivity contribution in [2.45, 2.75) is 52.1 Å². The van der Waals surface area contributed by atoms with E-state index >= 15 is 0 Å². The molecule has 1 heterocycles. The van der Waals surface area contributed by atoms with E-state index in [1.807, 2.05) is 6.92 Å². The molecule has 0 aliphatic heterocycles. The van der Waals surface area contributed by atoms with Crippen LogP contribution in [0.4, 0.5) is 5.69 Å². The summed E-state index contributed by atoms with van der Waals surface area (Å²) in [7, 11) is 0. The fourth-order valence-corrected chi connectivity index (χ4v) is 3.30. The molecular weight excluding hydrogens is 376 g/mol. The van der Waals surface area contributed by atoms with Gasteiger partial charge in [0.15, 0.2) is 0 Å². The van der Waals surface area contributed by atoms with Gasteiger partial charge in [0.25, 0.3) is 5.89 Å². The van der Waals surface area contributed by atoms with Gasteiger partial charge in [-0.1, -0.05) is 30.3 Å². The zero-order chi connectivity index (χ0) is 25.6. The lowest BCUT2D eigenvalue weighted by Gasteiger charge is -2.13. The lowest BCUT2D eigenvalue weighted by Crippen LogP contribution is -2.19. The summed E-state index contributed by atoms with van der Waals surface area (Å²) in [5.74, 6) is 0.525. The quantitative estimate of drug-likeness (QED) is 0.507. The van der Waals surface area contributed by atoms with Gasteiger partial charge in [-0.25, -0.2) is 4.85 Å². The predicted molar refractivity (Wildman–Crippen MR) is 117 cm³/mol. The lowest BCUT2D eigenvalue weighted by atomic mass is 10.0. The Hall–Kier alpha value is -3.17. The van der Waals surface area contributed by atoms with Crippen LogP contribution in [0.2, 0.25) is 0 Å². The normalized spacial score (nSPS) is 21.4. The molecule has 0 spiro atoms. The molecule has 4 rings (SSSR count). The predicted octanol–water partition coefficient (Wildman–Crippen LogP) is 5.73. The van der Waals surface area contributed by atoms with E-state index in [0.717, 1.165) is 6.42 Å². The minimum absolute atomic E-state index is 0.126. The molecular formula is C24H26N4O2. The molecule has 6 nitrogen and oxygen atoms in total. The van der Waals surface area contributed by atoms with Crippen molar-refractivity contribution in [2.75, 3.05) is 6.54 Å². The van der Waals surface area contributed by atoms with Crippen molar-refractivity contribution in [3.8, 4) is 28.6 Å². The smallest absolute Gasteiger partial charge is 0.256 e. The summed E-state index contributed by atoms with van der Waals surface area (Å²) in [5, 5.41) is 7.19. The van der Waals surface area contributed by atoms with Gasteiger partial charge in [0.2, 0.25) is 11.5 Å². The molecule has 0 unspecified atom stereocenters. The third-order valence-electron chi connectivity index (χ3n) is 4.66. The van der Waals surface area contributed by atoms with Crippen LogP contribution in [-0.2, 0) is 6.37 Å². The first-order valence-corrected chi connectivity index (χ1v) is 9.82. The molecule has 0 fully saturated rings. The van der Waals surface area contributed by atoms with Crippen molar-refractivity contribution in [1.82, 2.24) is 15.5 Å². The van der Waals surface area contributed by atoms with Crippen LogP contribution >= 0.6 is 0 Å². The summed E-state index contributed by atoms with van der Waals surface area (Å²) in [5.41, 5.74) is 1.76. The average Bonchev–Trinajstić information content (AvgIpc) is 3.33. The highest BCUT2D eigenvalue weighted by Gasteiger charge is 2.26. The summed E-state index contributed by atoms with van der Waals surface area (Å²) < 4.78 is 53.3. The van der Waals surface area contributed by atoms with E-state index in [9.17, 15) is 0 Å². The van der Waals surface area contributed by atoms with Crippen molar-refractivity contribution in [3.63, 3.8) is 0 Å². The number of benzene rings is 2. The van der Waals surface area contributed by atoms with Crippen LogP contribution in [0.5, 0.6) is 5.75 Å². The van der Waals surface area contributed by atoms with Crippen LogP contribution < -0.4 is 10.1 Å². The molecule has 1 aliphatic carbocycles. The van der Waals surface area contributed by atoms with Crippen LogP contribution in [0, 0.1) is 6.57 Å². The molecule has 6 heteroatoms. The van der Waals surface area contributed by atoms with Crippen LogP contribution in [-0.4, -0.2) is 22.8 Å². The number of nitrogens with one attached hydrogen (secondary N) is 1. The van der Waals surface area contributed by atoms with E-state index in [2.05, 4.69) is 20.3 Å². The fraction of sp³-hybridized carbons (Fsp3) is 0.375. The first-order chi connectivity index (χ1) is 16.4. The Morgan fingerprint density at radius 3 is 3.03 bits per heavy atom. The number of fused-ring (bicyclic) bond motifs is 1. The van der Waals surface area contributed by atoms with Gasteiger partial charge in [0.1, 0.15) is 5.75 Å². The first kappa shape index (κ1) is 14.8. The van der Waals surface area contributed by atoms with E-state index in [-0.39, 0.29) is 28.7 Å². The monoisotopic (exact) mass is 407 g/mol. The molecule has 0 radical (unpaired) electrons. The molecule has 1 aromatic heterocycles. The minimum atomic E-state index is -2.29. The maximum Gasteiger partial charge on any atom is 0.256 e.